The van der Waals surface area contributed by atoms with Crippen molar-refractivity contribution in [2.75, 3.05) is 11.9 Å². The van der Waals surface area contributed by atoms with Crippen LogP contribution in [0.25, 0.3) is 11.1 Å². The van der Waals surface area contributed by atoms with Crippen molar-refractivity contribution in [2.45, 2.75) is 45.4 Å². The van der Waals surface area contributed by atoms with Gasteiger partial charge in [0.15, 0.2) is 0 Å². The summed E-state index contributed by atoms with van der Waals surface area (Å²) in [5.74, 6) is -1.22. The molecule has 0 spiro atoms. The maximum absolute atomic E-state index is 13.0. The SMILES string of the molecule is CC(C)[C@H](NC(=O)OCC1c2ccccc2-c2ccccc21)C(=O)N[C@@H](C)C(=O)Nc1ccc(CO)c(I)c1. The summed E-state index contributed by atoms with van der Waals surface area (Å²) in [7, 11) is 0. The van der Waals surface area contributed by atoms with Gasteiger partial charge in [-0.25, -0.2) is 4.79 Å². The third-order valence-electron chi connectivity index (χ3n) is 6.81. The highest BCUT2D eigenvalue weighted by atomic mass is 127. The van der Waals surface area contributed by atoms with E-state index in [0.29, 0.717) is 5.69 Å². The van der Waals surface area contributed by atoms with Crippen LogP contribution in [0.4, 0.5) is 10.5 Å². The summed E-state index contributed by atoms with van der Waals surface area (Å²) in [4.78, 5) is 38.5. The Labute approximate surface area is 241 Å². The third kappa shape index (κ3) is 6.59. The molecule has 0 bridgehead atoms. The minimum Gasteiger partial charge on any atom is -0.449 e. The molecule has 0 unspecified atom stereocenters. The van der Waals surface area contributed by atoms with Crippen LogP contribution in [0.3, 0.4) is 0 Å². The van der Waals surface area contributed by atoms with Crippen molar-refractivity contribution in [1.29, 1.82) is 0 Å². The number of rotatable bonds is 9. The summed E-state index contributed by atoms with van der Waals surface area (Å²) in [6.45, 7) is 5.24. The molecule has 204 valence electrons. The number of fused-ring (bicyclic) bond motifs is 3. The first-order chi connectivity index (χ1) is 18.7. The van der Waals surface area contributed by atoms with Crippen LogP contribution < -0.4 is 16.0 Å². The van der Waals surface area contributed by atoms with E-state index in [1.54, 1.807) is 25.1 Å². The highest BCUT2D eigenvalue weighted by Gasteiger charge is 2.31. The zero-order valence-corrected chi connectivity index (χ0v) is 24.2. The second-order valence-electron chi connectivity index (χ2n) is 9.88. The lowest BCUT2D eigenvalue weighted by atomic mass is 9.98. The molecule has 3 aromatic rings. The number of alkyl carbamates (subject to hydrolysis) is 1. The van der Waals surface area contributed by atoms with Gasteiger partial charge in [0.1, 0.15) is 18.7 Å². The van der Waals surface area contributed by atoms with E-state index >= 15 is 0 Å². The summed E-state index contributed by atoms with van der Waals surface area (Å²) in [6, 6.07) is 19.6. The topological polar surface area (TPSA) is 117 Å². The highest BCUT2D eigenvalue weighted by Crippen LogP contribution is 2.44. The number of halogens is 1. The number of nitrogens with one attached hydrogen (secondary N) is 3. The van der Waals surface area contributed by atoms with Crippen LogP contribution >= 0.6 is 22.6 Å². The minimum atomic E-state index is -0.888. The Balaban J connectivity index is 1.34. The number of ether oxygens (including phenoxy) is 1. The quantitative estimate of drug-likeness (QED) is 0.251. The normalized spacial score (nSPS) is 13.7. The molecule has 0 aliphatic heterocycles. The number of aliphatic hydroxyl groups excluding tert-OH is 1. The van der Waals surface area contributed by atoms with E-state index in [-0.39, 0.29) is 25.0 Å². The molecule has 0 saturated heterocycles. The Morgan fingerprint density at radius 3 is 2.08 bits per heavy atom. The molecule has 1 aliphatic rings. The first-order valence-corrected chi connectivity index (χ1v) is 13.9. The van der Waals surface area contributed by atoms with Gasteiger partial charge in [-0.15, -0.1) is 0 Å². The molecule has 2 atom stereocenters. The Morgan fingerprint density at radius 1 is 0.897 bits per heavy atom. The maximum Gasteiger partial charge on any atom is 0.407 e. The number of anilines is 1. The predicted octanol–water partition coefficient (Wildman–Crippen LogP) is 4.79. The van der Waals surface area contributed by atoms with Crippen LogP contribution in [0.2, 0.25) is 0 Å². The molecule has 0 aromatic heterocycles. The molecule has 4 rings (SSSR count). The smallest absolute Gasteiger partial charge is 0.407 e. The van der Waals surface area contributed by atoms with Crippen molar-refractivity contribution in [1.82, 2.24) is 10.6 Å². The zero-order chi connectivity index (χ0) is 28.1. The Hall–Kier alpha value is -3.44. The lowest BCUT2D eigenvalue weighted by Gasteiger charge is -2.24. The van der Waals surface area contributed by atoms with E-state index in [4.69, 9.17) is 4.74 Å². The van der Waals surface area contributed by atoms with Crippen molar-refractivity contribution in [3.8, 4) is 11.1 Å². The summed E-state index contributed by atoms with van der Waals surface area (Å²) in [5, 5.41) is 17.4. The molecule has 4 N–H and O–H groups in total. The van der Waals surface area contributed by atoms with Crippen molar-refractivity contribution in [3.05, 3.63) is 87.0 Å². The number of carbonyl (C=O) groups is 3. The molecular formula is C30H32IN3O5. The summed E-state index contributed by atoms with van der Waals surface area (Å²) in [5.41, 5.74) is 5.78. The lowest BCUT2D eigenvalue weighted by molar-refractivity contribution is -0.128. The molecule has 0 fully saturated rings. The van der Waals surface area contributed by atoms with Crippen molar-refractivity contribution in [3.63, 3.8) is 0 Å². The van der Waals surface area contributed by atoms with Gasteiger partial charge in [-0.2, -0.15) is 0 Å². The molecule has 0 saturated carbocycles. The molecule has 3 aromatic carbocycles. The van der Waals surface area contributed by atoms with Gasteiger partial charge < -0.3 is 25.8 Å². The number of carbonyl (C=O) groups excluding carboxylic acids is 3. The van der Waals surface area contributed by atoms with E-state index in [2.05, 4.69) is 50.7 Å². The van der Waals surface area contributed by atoms with E-state index < -0.39 is 30.0 Å². The van der Waals surface area contributed by atoms with Crippen molar-refractivity contribution < 1.29 is 24.2 Å². The largest absolute Gasteiger partial charge is 0.449 e. The van der Waals surface area contributed by atoms with Crippen LogP contribution in [0, 0.1) is 9.49 Å². The molecule has 8 nitrogen and oxygen atoms in total. The van der Waals surface area contributed by atoms with Crippen molar-refractivity contribution >= 4 is 46.2 Å². The summed E-state index contributed by atoms with van der Waals surface area (Å²) in [6.07, 6.45) is -0.693. The van der Waals surface area contributed by atoms with Gasteiger partial charge in [0.25, 0.3) is 0 Å². The summed E-state index contributed by atoms with van der Waals surface area (Å²) < 4.78 is 6.42. The van der Waals surface area contributed by atoms with Gasteiger partial charge in [0, 0.05) is 15.2 Å². The van der Waals surface area contributed by atoms with Crippen LogP contribution in [0.15, 0.2) is 66.7 Å². The predicted molar refractivity (Wildman–Crippen MR) is 158 cm³/mol. The molecule has 1 aliphatic carbocycles. The minimum absolute atomic E-state index is 0.0901. The second-order valence-corrected chi connectivity index (χ2v) is 11.0. The Kier molecular flexibility index (Phi) is 9.24. The maximum atomic E-state index is 13.0. The van der Waals surface area contributed by atoms with E-state index in [0.717, 1.165) is 31.4 Å². The van der Waals surface area contributed by atoms with Gasteiger partial charge in [0.2, 0.25) is 11.8 Å². The van der Waals surface area contributed by atoms with Gasteiger partial charge in [0.05, 0.1) is 6.61 Å². The van der Waals surface area contributed by atoms with Crippen LogP contribution in [-0.4, -0.2) is 41.7 Å². The average molecular weight is 642 g/mol. The molecule has 39 heavy (non-hydrogen) atoms. The third-order valence-corrected chi connectivity index (χ3v) is 7.81. The van der Waals surface area contributed by atoms with Crippen LogP contribution in [0.5, 0.6) is 0 Å². The number of hydrogen-bond donors (Lipinski definition) is 4. The molecule has 0 heterocycles. The molecule has 9 heteroatoms. The van der Waals surface area contributed by atoms with Crippen LogP contribution in [0.1, 0.15) is 43.4 Å². The number of benzene rings is 3. The zero-order valence-electron chi connectivity index (χ0n) is 22.0. The first kappa shape index (κ1) is 28.6. The Bertz CT molecular complexity index is 1330. The van der Waals surface area contributed by atoms with E-state index in [1.807, 2.05) is 50.2 Å². The standard InChI is InChI=1S/C30H32IN3O5/c1-17(2)27(29(37)32-18(3)28(36)33-20-13-12-19(15-35)26(31)14-20)34-30(38)39-16-25-23-10-6-4-8-21(23)22-9-5-7-11-24(22)25/h4-14,17-18,25,27,35H,15-16H2,1-3H3,(H,32,37)(H,33,36)(H,34,38)/t18-,27-/m0/s1. The summed E-state index contributed by atoms with van der Waals surface area (Å²) >= 11 is 2.08. The molecule has 3 amide bonds. The number of aliphatic hydroxyl groups is 1. The lowest BCUT2D eigenvalue weighted by Crippen LogP contribution is -2.53. The Morgan fingerprint density at radius 2 is 1.51 bits per heavy atom. The van der Waals surface area contributed by atoms with Gasteiger partial charge in [-0.05, 0) is 75.4 Å². The van der Waals surface area contributed by atoms with Gasteiger partial charge in [-0.3, -0.25) is 9.59 Å². The highest BCUT2D eigenvalue weighted by molar-refractivity contribution is 14.1. The number of amides is 3. The van der Waals surface area contributed by atoms with Crippen molar-refractivity contribution in [2.24, 2.45) is 5.92 Å². The molecular weight excluding hydrogens is 609 g/mol. The van der Waals surface area contributed by atoms with Gasteiger partial charge >= 0.3 is 6.09 Å². The monoisotopic (exact) mass is 641 g/mol. The fraction of sp³-hybridized carbons (Fsp3) is 0.300. The van der Waals surface area contributed by atoms with Gasteiger partial charge in [-0.1, -0.05) is 68.4 Å². The average Bonchev–Trinajstić information content (AvgIpc) is 3.24. The first-order valence-electron chi connectivity index (χ1n) is 12.8. The van der Waals surface area contributed by atoms with Crippen LogP contribution in [-0.2, 0) is 20.9 Å². The molecule has 0 radical (unpaired) electrons. The fourth-order valence-corrected chi connectivity index (χ4v) is 5.36. The number of hydrogen-bond acceptors (Lipinski definition) is 5. The van der Waals surface area contributed by atoms with E-state index in [1.165, 1.54) is 0 Å². The fourth-order valence-electron chi connectivity index (χ4n) is 4.67. The second kappa shape index (κ2) is 12.6. The van der Waals surface area contributed by atoms with E-state index in [9.17, 15) is 19.5 Å².